The summed E-state index contributed by atoms with van der Waals surface area (Å²) in [6, 6.07) is 9.49. The summed E-state index contributed by atoms with van der Waals surface area (Å²) in [6.45, 7) is 0. The second-order valence-electron chi connectivity index (χ2n) is 3.18. The number of benzene rings is 1. The molecule has 2 atom stereocenters. The second-order valence-corrected chi connectivity index (χ2v) is 4.32. The number of carboxylic acid groups (broad SMARTS) is 1. The van der Waals surface area contributed by atoms with Gasteiger partial charge in [0.05, 0.1) is 5.37 Å². The van der Waals surface area contributed by atoms with E-state index in [2.05, 4.69) is 5.32 Å². The van der Waals surface area contributed by atoms with Crippen LogP contribution in [0.5, 0.6) is 0 Å². The molecular weight excluding hydrogens is 198 g/mol. The number of rotatable bonds is 2. The zero-order chi connectivity index (χ0) is 9.97. The van der Waals surface area contributed by atoms with Gasteiger partial charge in [0, 0.05) is 5.75 Å². The van der Waals surface area contributed by atoms with E-state index < -0.39 is 12.0 Å². The van der Waals surface area contributed by atoms with Crippen LogP contribution in [0.4, 0.5) is 0 Å². The summed E-state index contributed by atoms with van der Waals surface area (Å²) in [4.78, 5) is 10.7. The summed E-state index contributed by atoms with van der Waals surface area (Å²) in [7, 11) is 0. The zero-order valence-electron chi connectivity index (χ0n) is 7.51. The van der Waals surface area contributed by atoms with Crippen LogP contribution in [0.2, 0.25) is 0 Å². The molecule has 1 saturated heterocycles. The minimum absolute atomic E-state index is 0.123. The van der Waals surface area contributed by atoms with E-state index in [1.54, 1.807) is 11.8 Å². The molecule has 74 valence electrons. The fraction of sp³-hybridized carbons (Fsp3) is 0.300. The molecule has 1 aliphatic rings. The standard InChI is InChI=1S/C10H11NO2S/c12-10(13)8-6-14-9(11-8)7-4-2-1-3-5-7/h1-5,8-9,11H,6H2,(H,12,13). The van der Waals surface area contributed by atoms with Gasteiger partial charge in [-0.15, -0.1) is 11.8 Å². The van der Waals surface area contributed by atoms with Crippen LogP contribution in [0.15, 0.2) is 30.3 Å². The van der Waals surface area contributed by atoms with Crippen LogP contribution in [0, 0.1) is 0 Å². The monoisotopic (exact) mass is 209 g/mol. The van der Waals surface area contributed by atoms with Crippen molar-refractivity contribution in [2.24, 2.45) is 0 Å². The maximum absolute atomic E-state index is 10.7. The molecule has 0 radical (unpaired) electrons. The lowest BCUT2D eigenvalue weighted by Gasteiger charge is -2.10. The van der Waals surface area contributed by atoms with E-state index in [-0.39, 0.29) is 5.37 Å². The Bertz CT molecular complexity index is 328. The predicted octanol–water partition coefficient (Wildman–Crippen LogP) is 1.47. The molecule has 0 saturated carbocycles. The SMILES string of the molecule is O=C(O)C1CSC(c2ccccc2)N1. The van der Waals surface area contributed by atoms with Gasteiger partial charge in [0.25, 0.3) is 0 Å². The van der Waals surface area contributed by atoms with Gasteiger partial charge in [-0.1, -0.05) is 30.3 Å². The quantitative estimate of drug-likeness (QED) is 0.774. The molecule has 0 spiro atoms. The van der Waals surface area contributed by atoms with Crippen molar-refractivity contribution in [3.63, 3.8) is 0 Å². The summed E-state index contributed by atoms with van der Waals surface area (Å²) in [5, 5.41) is 12.0. The molecule has 1 aromatic carbocycles. The van der Waals surface area contributed by atoms with E-state index in [0.717, 1.165) is 5.56 Å². The van der Waals surface area contributed by atoms with E-state index in [1.807, 2.05) is 30.3 Å². The first kappa shape index (κ1) is 9.55. The molecule has 3 nitrogen and oxygen atoms in total. The van der Waals surface area contributed by atoms with Crippen molar-refractivity contribution in [3.8, 4) is 0 Å². The van der Waals surface area contributed by atoms with Gasteiger partial charge in [0.1, 0.15) is 6.04 Å². The lowest BCUT2D eigenvalue weighted by atomic mass is 10.2. The third-order valence-corrected chi connectivity index (χ3v) is 3.45. The van der Waals surface area contributed by atoms with Gasteiger partial charge in [0.2, 0.25) is 0 Å². The lowest BCUT2D eigenvalue weighted by molar-refractivity contribution is -0.138. The van der Waals surface area contributed by atoms with Crippen LogP contribution in [-0.2, 0) is 4.79 Å². The fourth-order valence-electron chi connectivity index (χ4n) is 1.43. The van der Waals surface area contributed by atoms with E-state index in [1.165, 1.54) is 0 Å². The molecule has 0 aromatic heterocycles. The normalized spacial score (nSPS) is 26.3. The highest BCUT2D eigenvalue weighted by Gasteiger charge is 2.29. The van der Waals surface area contributed by atoms with Crippen molar-refractivity contribution >= 4 is 17.7 Å². The van der Waals surface area contributed by atoms with Gasteiger partial charge in [-0.2, -0.15) is 0 Å². The van der Waals surface area contributed by atoms with Gasteiger partial charge < -0.3 is 5.11 Å². The third-order valence-electron chi connectivity index (χ3n) is 2.18. The van der Waals surface area contributed by atoms with Crippen molar-refractivity contribution in [1.82, 2.24) is 5.32 Å². The third kappa shape index (κ3) is 1.91. The lowest BCUT2D eigenvalue weighted by Crippen LogP contribution is -2.33. The van der Waals surface area contributed by atoms with Crippen molar-refractivity contribution in [2.75, 3.05) is 5.75 Å². The van der Waals surface area contributed by atoms with E-state index >= 15 is 0 Å². The van der Waals surface area contributed by atoms with Gasteiger partial charge in [-0.3, -0.25) is 10.1 Å². The van der Waals surface area contributed by atoms with Crippen molar-refractivity contribution in [1.29, 1.82) is 0 Å². The van der Waals surface area contributed by atoms with Crippen LogP contribution in [-0.4, -0.2) is 22.9 Å². The average molecular weight is 209 g/mol. The molecule has 0 amide bonds. The Balaban J connectivity index is 2.06. The Kier molecular flexibility index (Phi) is 2.74. The maximum Gasteiger partial charge on any atom is 0.321 e. The molecule has 2 rings (SSSR count). The molecule has 1 aromatic rings. The van der Waals surface area contributed by atoms with Crippen LogP contribution >= 0.6 is 11.8 Å². The molecule has 14 heavy (non-hydrogen) atoms. The number of thioether (sulfide) groups is 1. The van der Waals surface area contributed by atoms with Crippen LogP contribution in [0.1, 0.15) is 10.9 Å². The molecular formula is C10H11NO2S. The molecule has 2 unspecified atom stereocenters. The molecule has 1 heterocycles. The smallest absolute Gasteiger partial charge is 0.321 e. The largest absolute Gasteiger partial charge is 0.480 e. The first-order valence-electron chi connectivity index (χ1n) is 4.43. The van der Waals surface area contributed by atoms with Gasteiger partial charge in [-0.25, -0.2) is 0 Å². The van der Waals surface area contributed by atoms with Crippen molar-refractivity contribution < 1.29 is 9.90 Å². The van der Waals surface area contributed by atoms with Crippen molar-refractivity contribution in [2.45, 2.75) is 11.4 Å². The number of hydrogen-bond acceptors (Lipinski definition) is 3. The molecule has 2 N–H and O–H groups in total. The van der Waals surface area contributed by atoms with Crippen molar-refractivity contribution in [3.05, 3.63) is 35.9 Å². The van der Waals surface area contributed by atoms with Gasteiger partial charge in [0.15, 0.2) is 0 Å². The first-order valence-corrected chi connectivity index (χ1v) is 5.47. The predicted molar refractivity (Wildman–Crippen MR) is 56.2 cm³/mol. The molecule has 1 aliphatic heterocycles. The van der Waals surface area contributed by atoms with Crippen LogP contribution < -0.4 is 5.32 Å². The summed E-state index contributed by atoms with van der Waals surface area (Å²) < 4.78 is 0. The first-order chi connectivity index (χ1) is 6.77. The Hall–Kier alpha value is -1.00. The number of hydrogen-bond donors (Lipinski definition) is 2. The van der Waals surface area contributed by atoms with Crippen LogP contribution in [0.25, 0.3) is 0 Å². The number of carbonyl (C=O) groups is 1. The Labute approximate surface area is 86.5 Å². The summed E-state index contributed by atoms with van der Waals surface area (Å²) in [5.41, 5.74) is 1.14. The molecule has 1 fully saturated rings. The van der Waals surface area contributed by atoms with E-state index in [4.69, 9.17) is 5.11 Å². The highest BCUT2D eigenvalue weighted by atomic mass is 32.2. The number of carboxylic acids is 1. The van der Waals surface area contributed by atoms with Crippen LogP contribution in [0.3, 0.4) is 0 Å². The Morgan fingerprint density at radius 2 is 2.14 bits per heavy atom. The van der Waals surface area contributed by atoms with E-state index in [0.29, 0.717) is 5.75 Å². The topological polar surface area (TPSA) is 49.3 Å². The van der Waals surface area contributed by atoms with Gasteiger partial charge in [-0.05, 0) is 5.56 Å². The number of aliphatic carboxylic acids is 1. The molecule has 0 aliphatic carbocycles. The molecule has 0 bridgehead atoms. The van der Waals surface area contributed by atoms with E-state index in [9.17, 15) is 4.79 Å². The van der Waals surface area contributed by atoms with Gasteiger partial charge >= 0.3 is 5.97 Å². The Morgan fingerprint density at radius 3 is 2.71 bits per heavy atom. The highest BCUT2D eigenvalue weighted by Crippen LogP contribution is 2.32. The zero-order valence-corrected chi connectivity index (χ0v) is 8.33. The second kappa shape index (κ2) is 4.02. The molecule has 4 heteroatoms. The average Bonchev–Trinajstić information content (AvgIpc) is 2.68. The minimum atomic E-state index is -0.768. The summed E-state index contributed by atoms with van der Waals surface area (Å²) in [6.07, 6.45) is 0. The summed E-state index contributed by atoms with van der Waals surface area (Å²) in [5.74, 6) is -0.134. The fourth-order valence-corrected chi connectivity index (χ4v) is 2.67. The minimum Gasteiger partial charge on any atom is -0.480 e. The Morgan fingerprint density at radius 1 is 1.43 bits per heavy atom. The maximum atomic E-state index is 10.7. The highest BCUT2D eigenvalue weighted by molar-refractivity contribution is 7.99. The number of nitrogens with one attached hydrogen (secondary N) is 1. The summed E-state index contributed by atoms with van der Waals surface area (Å²) >= 11 is 1.64.